The summed E-state index contributed by atoms with van der Waals surface area (Å²) in [6, 6.07) is 11.2. The second kappa shape index (κ2) is 8.82. The van der Waals surface area contributed by atoms with E-state index in [1.807, 2.05) is 45.0 Å². The number of esters is 1. The van der Waals surface area contributed by atoms with E-state index in [1.165, 1.54) is 0 Å². The Morgan fingerprint density at radius 2 is 1.90 bits per heavy atom. The minimum absolute atomic E-state index is 0.0894. The summed E-state index contributed by atoms with van der Waals surface area (Å²) >= 11 is 0. The number of ether oxygens (including phenoxy) is 2. The van der Waals surface area contributed by atoms with Gasteiger partial charge in [-0.15, -0.1) is 0 Å². The summed E-state index contributed by atoms with van der Waals surface area (Å²) in [5, 5.41) is 3.61. The zero-order valence-electron chi connectivity index (χ0n) is 17.1. The standard InChI is InChI=1S/C23H25NO5/c1-5-16-9-7-8-14(3)21(16)24-20(25)13-28-23(26)22-15(4)18-12-17(27-6-2)10-11-19(18)29-22/h7-12H,5-6,13H2,1-4H3,(H,24,25). The van der Waals surface area contributed by atoms with Crippen LogP contribution in [0, 0.1) is 13.8 Å². The number of para-hydroxylation sites is 1. The highest BCUT2D eigenvalue weighted by atomic mass is 16.5. The SMILES string of the molecule is CCOc1ccc2oc(C(=O)OCC(=O)Nc3c(C)cccc3CC)c(C)c2c1. The highest BCUT2D eigenvalue weighted by molar-refractivity contribution is 5.99. The van der Waals surface area contributed by atoms with Gasteiger partial charge in [-0.1, -0.05) is 25.1 Å². The Kier molecular flexibility index (Phi) is 6.22. The van der Waals surface area contributed by atoms with E-state index in [0.717, 1.165) is 28.6 Å². The molecule has 0 unspecified atom stereocenters. The Morgan fingerprint density at radius 1 is 1.10 bits per heavy atom. The van der Waals surface area contributed by atoms with Crippen molar-refractivity contribution in [1.29, 1.82) is 0 Å². The van der Waals surface area contributed by atoms with Crippen molar-refractivity contribution in [2.75, 3.05) is 18.5 Å². The molecule has 0 spiro atoms. The van der Waals surface area contributed by atoms with Crippen molar-refractivity contribution in [2.45, 2.75) is 34.1 Å². The van der Waals surface area contributed by atoms with Gasteiger partial charge in [-0.2, -0.15) is 0 Å². The molecule has 6 nitrogen and oxygen atoms in total. The lowest BCUT2D eigenvalue weighted by atomic mass is 10.1. The second-order valence-corrected chi connectivity index (χ2v) is 6.73. The summed E-state index contributed by atoms with van der Waals surface area (Å²) < 4.78 is 16.3. The summed E-state index contributed by atoms with van der Waals surface area (Å²) in [6.45, 7) is 7.78. The van der Waals surface area contributed by atoms with Gasteiger partial charge in [0.15, 0.2) is 6.61 Å². The van der Waals surface area contributed by atoms with E-state index < -0.39 is 18.5 Å². The Morgan fingerprint density at radius 3 is 2.62 bits per heavy atom. The van der Waals surface area contributed by atoms with Gasteiger partial charge in [-0.3, -0.25) is 4.79 Å². The molecule has 1 amide bonds. The molecule has 152 valence electrons. The number of carbonyl (C=O) groups excluding carboxylic acids is 2. The quantitative estimate of drug-likeness (QED) is 0.581. The first kappa shape index (κ1) is 20.5. The number of anilines is 1. The molecular weight excluding hydrogens is 370 g/mol. The molecule has 1 aromatic heterocycles. The highest BCUT2D eigenvalue weighted by Gasteiger charge is 2.21. The number of rotatable bonds is 7. The lowest BCUT2D eigenvalue weighted by Crippen LogP contribution is -2.22. The fraction of sp³-hybridized carbons (Fsp3) is 0.304. The van der Waals surface area contributed by atoms with E-state index in [1.54, 1.807) is 19.1 Å². The Labute approximate surface area is 169 Å². The minimum atomic E-state index is -0.674. The van der Waals surface area contributed by atoms with Crippen molar-refractivity contribution in [3.63, 3.8) is 0 Å². The number of furan rings is 1. The number of aryl methyl sites for hydroxylation is 3. The van der Waals surface area contributed by atoms with Crippen LogP contribution in [0.5, 0.6) is 5.75 Å². The van der Waals surface area contributed by atoms with Crippen molar-refractivity contribution in [2.24, 2.45) is 0 Å². The van der Waals surface area contributed by atoms with Crippen LogP contribution in [0.1, 0.15) is 41.1 Å². The Hall–Kier alpha value is -3.28. The van der Waals surface area contributed by atoms with Crippen LogP contribution in [0.4, 0.5) is 5.69 Å². The molecule has 0 atom stereocenters. The van der Waals surface area contributed by atoms with Gasteiger partial charge in [0.05, 0.1) is 6.61 Å². The van der Waals surface area contributed by atoms with E-state index >= 15 is 0 Å². The number of amides is 1. The molecule has 1 heterocycles. The fourth-order valence-corrected chi connectivity index (χ4v) is 3.23. The molecule has 0 aliphatic carbocycles. The normalized spacial score (nSPS) is 10.8. The number of hydrogen-bond acceptors (Lipinski definition) is 5. The first-order valence-electron chi connectivity index (χ1n) is 9.66. The molecule has 0 aliphatic heterocycles. The molecule has 2 aromatic carbocycles. The van der Waals surface area contributed by atoms with Crippen LogP contribution in [0.25, 0.3) is 11.0 Å². The van der Waals surface area contributed by atoms with Crippen molar-refractivity contribution in [3.05, 3.63) is 58.8 Å². The molecule has 0 bridgehead atoms. The number of benzene rings is 2. The van der Waals surface area contributed by atoms with Gasteiger partial charge in [0.1, 0.15) is 11.3 Å². The summed E-state index contributed by atoms with van der Waals surface area (Å²) in [6.07, 6.45) is 0.791. The van der Waals surface area contributed by atoms with Gasteiger partial charge in [-0.05, 0) is 56.5 Å². The van der Waals surface area contributed by atoms with Crippen LogP contribution in [0.15, 0.2) is 40.8 Å². The second-order valence-electron chi connectivity index (χ2n) is 6.73. The van der Waals surface area contributed by atoms with Gasteiger partial charge in [0.25, 0.3) is 5.91 Å². The summed E-state index contributed by atoms with van der Waals surface area (Å²) in [4.78, 5) is 24.8. The summed E-state index contributed by atoms with van der Waals surface area (Å²) in [5.41, 5.74) is 3.97. The predicted octanol–water partition coefficient (Wildman–Crippen LogP) is 4.81. The van der Waals surface area contributed by atoms with Gasteiger partial charge in [0, 0.05) is 16.6 Å². The van der Waals surface area contributed by atoms with Crippen molar-refractivity contribution < 1.29 is 23.5 Å². The highest BCUT2D eigenvalue weighted by Crippen LogP contribution is 2.29. The largest absolute Gasteiger partial charge is 0.494 e. The van der Waals surface area contributed by atoms with Crippen LogP contribution < -0.4 is 10.1 Å². The van der Waals surface area contributed by atoms with E-state index in [4.69, 9.17) is 13.9 Å². The van der Waals surface area contributed by atoms with Crippen molar-refractivity contribution >= 4 is 28.5 Å². The molecular formula is C23H25NO5. The lowest BCUT2D eigenvalue weighted by Gasteiger charge is -2.12. The third-order valence-electron chi connectivity index (χ3n) is 4.74. The maximum atomic E-state index is 12.5. The molecule has 0 saturated carbocycles. The third-order valence-corrected chi connectivity index (χ3v) is 4.74. The molecule has 6 heteroatoms. The van der Waals surface area contributed by atoms with E-state index in [9.17, 15) is 9.59 Å². The minimum Gasteiger partial charge on any atom is -0.494 e. The van der Waals surface area contributed by atoms with Crippen LogP contribution in [-0.2, 0) is 16.0 Å². The maximum Gasteiger partial charge on any atom is 0.375 e. The van der Waals surface area contributed by atoms with Gasteiger partial charge in [0.2, 0.25) is 5.76 Å². The fourth-order valence-electron chi connectivity index (χ4n) is 3.23. The van der Waals surface area contributed by atoms with Gasteiger partial charge >= 0.3 is 5.97 Å². The number of fused-ring (bicyclic) bond motifs is 1. The van der Waals surface area contributed by atoms with Gasteiger partial charge in [-0.25, -0.2) is 4.79 Å². The Bertz CT molecular complexity index is 1050. The molecule has 3 rings (SSSR count). The van der Waals surface area contributed by atoms with Crippen LogP contribution >= 0.6 is 0 Å². The van der Waals surface area contributed by atoms with Crippen LogP contribution in [0.3, 0.4) is 0 Å². The number of hydrogen-bond donors (Lipinski definition) is 1. The smallest absolute Gasteiger partial charge is 0.375 e. The molecule has 0 saturated heterocycles. The maximum absolute atomic E-state index is 12.5. The van der Waals surface area contributed by atoms with E-state index in [0.29, 0.717) is 23.5 Å². The average molecular weight is 395 g/mol. The lowest BCUT2D eigenvalue weighted by molar-refractivity contribution is -0.119. The first-order valence-corrected chi connectivity index (χ1v) is 9.66. The molecule has 3 aromatic rings. The van der Waals surface area contributed by atoms with Crippen molar-refractivity contribution in [3.8, 4) is 5.75 Å². The van der Waals surface area contributed by atoms with Gasteiger partial charge < -0.3 is 19.2 Å². The topological polar surface area (TPSA) is 77.8 Å². The Balaban J connectivity index is 1.69. The molecule has 0 radical (unpaired) electrons. The number of nitrogens with one attached hydrogen (secondary N) is 1. The molecule has 1 N–H and O–H groups in total. The van der Waals surface area contributed by atoms with E-state index in [-0.39, 0.29) is 5.76 Å². The monoisotopic (exact) mass is 395 g/mol. The van der Waals surface area contributed by atoms with Crippen molar-refractivity contribution in [1.82, 2.24) is 0 Å². The van der Waals surface area contributed by atoms with Crippen LogP contribution in [-0.4, -0.2) is 25.1 Å². The zero-order valence-corrected chi connectivity index (χ0v) is 17.1. The summed E-state index contributed by atoms with van der Waals surface area (Å²) in [7, 11) is 0. The third kappa shape index (κ3) is 4.42. The predicted molar refractivity (Wildman–Crippen MR) is 112 cm³/mol. The molecule has 0 aliphatic rings. The molecule has 29 heavy (non-hydrogen) atoms. The number of carbonyl (C=O) groups is 2. The van der Waals surface area contributed by atoms with Crippen LogP contribution in [0.2, 0.25) is 0 Å². The zero-order chi connectivity index (χ0) is 21.0. The average Bonchev–Trinajstić information content (AvgIpc) is 3.04. The molecule has 0 fully saturated rings. The van der Waals surface area contributed by atoms with E-state index in [2.05, 4.69) is 5.32 Å². The summed E-state index contributed by atoms with van der Waals surface area (Å²) in [5.74, 6) is -0.276. The first-order chi connectivity index (χ1) is 13.9.